The van der Waals surface area contributed by atoms with Crippen LogP contribution in [0.2, 0.25) is 0 Å². The topological polar surface area (TPSA) is 88.5 Å². The Balaban J connectivity index is 1.63. The van der Waals surface area contributed by atoms with Crippen molar-refractivity contribution in [2.45, 2.75) is 19.4 Å². The van der Waals surface area contributed by atoms with Gasteiger partial charge >= 0.3 is 5.97 Å². The summed E-state index contributed by atoms with van der Waals surface area (Å²) < 4.78 is 5.70. The zero-order valence-corrected chi connectivity index (χ0v) is 14.2. The van der Waals surface area contributed by atoms with E-state index < -0.39 is 17.8 Å². The summed E-state index contributed by atoms with van der Waals surface area (Å²) in [4.78, 5) is 28.1. The summed E-state index contributed by atoms with van der Waals surface area (Å²) in [5.74, 6) is -1.89. The highest BCUT2D eigenvalue weighted by Crippen LogP contribution is 2.28. The average molecular weight is 352 g/mol. The minimum atomic E-state index is -0.943. The number of pyridine rings is 1. The summed E-state index contributed by atoms with van der Waals surface area (Å²) in [6.45, 7) is 0.326. The number of rotatable bonds is 6. The van der Waals surface area contributed by atoms with E-state index in [1.54, 1.807) is 30.5 Å². The normalized spacial score (nSPS) is 18.9. The third-order valence-corrected chi connectivity index (χ3v) is 4.30. The van der Waals surface area contributed by atoms with Gasteiger partial charge in [-0.25, -0.2) is 0 Å². The molecule has 6 heteroatoms. The van der Waals surface area contributed by atoms with Crippen LogP contribution in [0.3, 0.4) is 0 Å². The summed E-state index contributed by atoms with van der Waals surface area (Å²) in [6.07, 6.45) is 6.18. The maximum absolute atomic E-state index is 12.5. The fraction of sp³-hybridized carbons (Fsp3) is 0.250. The molecule has 0 saturated heterocycles. The number of hydrogen-bond donors (Lipinski definition) is 2. The fourth-order valence-corrected chi connectivity index (χ4v) is 2.92. The Bertz CT molecular complexity index is 804. The van der Waals surface area contributed by atoms with Crippen LogP contribution in [0.15, 0.2) is 60.8 Å². The lowest BCUT2D eigenvalue weighted by atomic mass is 9.82. The minimum Gasteiger partial charge on any atom is -0.487 e. The van der Waals surface area contributed by atoms with Gasteiger partial charge in [0.15, 0.2) is 0 Å². The second kappa shape index (κ2) is 8.29. The first-order chi connectivity index (χ1) is 12.6. The van der Waals surface area contributed by atoms with Gasteiger partial charge in [0.2, 0.25) is 5.91 Å². The molecule has 26 heavy (non-hydrogen) atoms. The molecule has 0 aliphatic heterocycles. The fourth-order valence-electron chi connectivity index (χ4n) is 2.92. The van der Waals surface area contributed by atoms with Crippen LogP contribution in [0.25, 0.3) is 0 Å². The number of aliphatic carboxylic acids is 1. The lowest BCUT2D eigenvalue weighted by Gasteiger charge is -2.24. The Hall–Kier alpha value is -3.15. The number of nitrogens with zero attached hydrogens (tertiary/aromatic N) is 1. The van der Waals surface area contributed by atoms with Crippen molar-refractivity contribution >= 4 is 17.6 Å². The predicted molar refractivity (Wildman–Crippen MR) is 96.6 cm³/mol. The number of anilines is 1. The van der Waals surface area contributed by atoms with Crippen LogP contribution in [0.1, 0.15) is 18.5 Å². The van der Waals surface area contributed by atoms with E-state index in [1.165, 1.54) is 0 Å². The zero-order valence-electron chi connectivity index (χ0n) is 14.2. The van der Waals surface area contributed by atoms with E-state index in [9.17, 15) is 14.7 Å². The van der Waals surface area contributed by atoms with E-state index in [4.69, 9.17) is 4.74 Å². The molecule has 2 N–H and O–H groups in total. The van der Waals surface area contributed by atoms with E-state index in [0.717, 1.165) is 5.69 Å². The van der Waals surface area contributed by atoms with Gasteiger partial charge in [0.05, 0.1) is 17.5 Å². The van der Waals surface area contributed by atoms with Crippen molar-refractivity contribution in [3.8, 4) is 5.75 Å². The third kappa shape index (κ3) is 4.47. The lowest BCUT2D eigenvalue weighted by Crippen LogP contribution is -2.34. The summed E-state index contributed by atoms with van der Waals surface area (Å²) in [7, 11) is 0. The smallest absolute Gasteiger partial charge is 0.307 e. The molecular weight excluding hydrogens is 332 g/mol. The van der Waals surface area contributed by atoms with E-state index in [-0.39, 0.29) is 5.91 Å². The van der Waals surface area contributed by atoms with Crippen molar-refractivity contribution in [3.05, 3.63) is 66.5 Å². The van der Waals surface area contributed by atoms with Gasteiger partial charge in [-0.05, 0) is 37.1 Å². The number of amides is 1. The molecular formula is C20H20N2O4. The first kappa shape index (κ1) is 17.7. The number of carboxylic acid groups (broad SMARTS) is 1. The Morgan fingerprint density at radius 1 is 1.12 bits per heavy atom. The molecule has 1 heterocycles. The first-order valence-electron chi connectivity index (χ1n) is 8.45. The number of benzene rings is 1. The number of allylic oxidation sites excluding steroid dienone is 2. The van der Waals surface area contributed by atoms with Gasteiger partial charge < -0.3 is 15.2 Å². The first-order valence-corrected chi connectivity index (χ1v) is 8.45. The Kier molecular flexibility index (Phi) is 5.63. The molecule has 0 fully saturated rings. The third-order valence-electron chi connectivity index (χ3n) is 4.30. The van der Waals surface area contributed by atoms with Crippen molar-refractivity contribution in [1.82, 2.24) is 4.98 Å². The number of carboxylic acids is 1. The number of aromatic nitrogens is 1. The van der Waals surface area contributed by atoms with Crippen molar-refractivity contribution in [3.63, 3.8) is 0 Å². The van der Waals surface area contributed by atoms with Gasteiger partial charge in [0, 0.05) is 18.0 Å². The molecule has 1 aromatic heterocycles. The van der Waals surface area contributed by atoms with Crippen LogP contribution in [-0.4, -0.2) is 22.0 Å². The van der Waals surface area contributed by atoms with Crippen molar-refractivity contribution < 1.29 is 19.4 Å². The highest BCUT2D eigenvalue weighted by atomic mass is 16.5. The molecule has 6 nitrogen and oxygen atoms in total. The van der Waals surface area contributed by atoms with Gasteiger partial charge in [-0.15, -0.1) is 0 Å². The quantitative estimate of drug-likeness (QED) is 0.779. The summed E-state index contributed by atoms with van der Waals surface area (Å²) in [5.41, 5.74) is 1.38. The van der Waals surface area contributed by atoms with Crippen molar-refractivity contribution in [2.75, 3.05) is 5.32 Å². The lowest BCUT2D eigenvalue weighted by molar-refractivity contribution is -0.146. The SMILES string of the molecule is O=C(O)[C@@H]1CC=CC[C@H]1C(=O)Nc1cccc(OCc2ccccn2)c1. The Labute approximate surface area is 151 Å². The van der Waals surface area contributed by atoms with Crippen LogP contribution in [0.4, 0.5) is 5.69 Å². The highest BCUT2D eigenvalue weighted by molar-refractivity contribution is 5.95. The molecule has 2 aromatic rings. The number of carbonyl (C=O) groups excluding carboxylic acids is 1. The number of hydrogen-bond acceptors (Lipinski definition) is 4. The Morgan fingerprint density at radius 3 is 2.65 bits per heavy atom. The standard InChI is InChI=1S/C20H20N2O4/c23-19(17-9-1-2-10-18(17)20(24)25)22-14-7-5-8-16(12-14)26-13-15-6-3-4-11-21-15/h1-8,11-12,17-18H,9-10,13H2,(H,22,23)(H,24,25)/t17-,18-/m1/s1. The highest BCUT2D eigenvalue weighted by Gasteiger charge is 2.33. The second-order valence-electron chi connectivity index (χ2n) is 6.12. The maximum Gasteiger partial charge on any atom is 0.307 e. The number of nitrogens with one attached hydrogen (secondary N) is 1. The van der Waals surface area contributed by atoms with Gasteiger partial charge in [-0.1, -0.05) is 24.3 Å². The number of carbonyl (C=O) groups is 2. The molecule has 1 aromatic carbocycles. The van der Waals surface area contributed by atoms with Crippen LogP contribution in [-0.2, 0) is 16.2 Å². The monoisotopic (exact) mass is 352 g/mol. The molecule has 0 spiro atoms. The van der Waals surface area contributed by atoms with E-state index in [1.807, 2.05) is 30.4 Å². The summed E-state index contributed by atoms with van der Waals surface area (Å²) in [6, 6.07) is 12.6. The molecule has 1 amide bonds. The number of ether oxygens (including phenoxy) is 1. The molecule has 1 aliphatic rings. The van der Waals surface area contributed by atoms with Crippen LogP contribution >= 0.6 is 0 Å². The van der Waals surface area contributed by atoms with Crippen LogP contribution in [0.5, 0.6) is 5.75 Å². The molecule has 0 saturated carbocycles. The maximum atomic E-state index is 12.5. The molecule has 134 valence electrons. The van der Waals surface area contributed by atoms with E-state index >= 15 is 0 Å². The zero-order chi connectivity index (χ0) is 18.4. The largest absolute Gasteiger partial charge is 0.487 e. The second-order valence-corrected chi connectivity index (χ2v) is 6.12. The molecule has 3 rings (SSSR count). The average Bonchev–Trinajstić information content (AvgIpc) is 2.67. The summed E-state index contributed by atoms with van der Waals surface area (Å²) in [5, 5.41) is 12.1. The van der Waals surface area contributed by atoms with E-state index in [2.05, 4.69) is 10.3 Å². The van der Waals surface area contributed by atoms with Crippen LogP contribution < -0.4 is 10.1 Å². The predicted octanol–water partition coefficient (Wildman–Crippen LogP) is 3.27. The Morgan fingerprint density at radius 2 is 1.92 bits per heavy atom. The molecule has 0 unspecified atom stereocenters. The van der Waals surface area contributed by atoms with Gasteiger partial charge in [0.25, 0.3) is 0 Å². The minimum absolute atomic E-state index is 0.288. The van der Waals surface area contributed by atoms with Gasteiger partial charge in [0.1, 0.15) is 12.4 Å². The van der Waals surface area contributed by atoms with Crippen LogP contribution in [0, 0.1) is 11.8 Å². The molecule has 0 radical (unpaired) electrons. The van der Waals surface area contributed by atoms with E-state index in [0.29, 0.717) is 30.9 Å². The van der Waals surface area contributed by atoms with Gasteiger partial charge in [-0.2, -0.15) is 0 Å². The van der Waals surface area contributed by atoms with Crippen molar-refractivity contribution in [2.24, 2.45) is 11.8 Å². The van der Waals surface area contributed by atoms with Crippen molar-refractivity contribution in [1.29, 1.82) is 0 Å². The molecule has 1 aliphatic carbocycles. The molecule has 0 bridgehead atoms. The summed E-state index contributed by atoms with van der Waals surface area (Å²) >= 11 is 0. The van der Waals surface area contributed by atoms with Gasteiger partial charge in [-0.3, -0.25) is 14.6 Å². The molecule has 2 atom stereocenters.